The van der Waals surface area contributed by atoms with E-state index in [2.05, 4.69) is 44.4 Å². The molecule has 2 heterocycles. The molecule has 0 radical (unpaired) electrons. The van der Waals surface area contributed by atoms with Crippen molar-refractivity contribution in [1.29, 1.82) is 0 Å². The van der Waals surface area contributed by atoms with E-state index in [0.717, 1.165) is 35.5 Å². The minimum atomic E-state index is -0.656. The van der Waals surface area contributed by atoms with Gasteiger partial charge in [0, 0.05) is 19.5 Å². The average Bonchev–Trinajstić information content (AvgIpc) is 2.89. The molecule has 1 aromatic heterocycles. The highest BCUT2D eigenvalue weighted by molar-refractivity contribution is 14.1. The summed E-state index contributed by atoms with van der Waals surface area (Å²) in [5, 5.41) is 3.50. The second kappa shape index (κ2) is 7.35. The molecule has 7 heteroatoms. The van der Waals surface area contributed by atoms with Crippen LogP contribution < -0.4 is 10.1 Å². The number of nitrogens with one attached hydrogen (secondary N) is 1. The van der Waals surface area contributed by atoms with Gasteiger partial charge in [0.25, 0.3) is 0 Å². The molecule has 0 aliphatic carbocycles. The van der Waals surface area contributed by atoms with E-state index in [4.69, 9.17) is 4.74 Å². The summed E-state index contributed by atoms with van der Waals surface area (Å²) in [6.45, 7) is 3.89. The Morgan fingerprint density at radius 1 is 1.38 bits per heavy atom. The Balaban J connectivity index is 1.78. The minimum Gasteiger partial charge on any atom is -0.491 e. The first-order valence-corrected chi connectivity index (χ1v) is 9.13. The van der Waals surface area contributed by atoms with Crippen molar-refractivity contribution < 1.29 is 13.5 Å². The van der Waals surface area contributed by atoms with Crippen molar-refractivity contribution in [2.45, 2.75) is 38.8 Å². The highest BCUT2D eigenvalue weighted by atomic mass is 127. The predicted molar refractivity (Wildman–Crippen MR) is 96.3 cm³/mol. The lowest BCUT2D eigenvalue weighted by atomic mass is 10.0. The molecule has 3 rings (SSSR count). The number of halogens is 3. The number of benzene rings is 1. The molecule has 0 saturated heterocycles. The molecule has 0 amide bonds. The zero-order valence-electron chi connectivity index (χ0n) is 13.7. The monoisotopic (exact) mass is 447 g/mol. The van der Waals surface area contributed by atoms with Gasteiger partial charge in [-0.25, -0.2) is 13.8 Å². The molecular weight excluding hydrogens is 427 g/mol. The molecule has 0 bridgehead atoms. The zero-order valence-corrected chi connectivity index (χ0v) is 15.9. The van der Waals surface area contributed by atoms with Crippen LogP contribution in [-0.2, 0) is 19.4 Å². The number of methoxy groups -OCH3 is 1. The van der Waals surface area contributed by atoms with Gasteiger partial charge >= 0.3 is 0 Å². The van der Waals surface area contributed by atoms with Crippen LogP contribution in [0, 0.1) is 15.3 Å². The van der Waals surface area contributed by atoms with Gasteiger partial charge in [0.05, 0.1) is 18.8 Å². The van der Waals surface area contributed by atoms with Crippen LogP contribution in [0.15, 0.2) is 12.1 Å². The summed E-state index contributed by atoms with van der Waals surface area (Å²) >= 11 is 2.27. The molecule has 24 heavy (non-hydrogen) atoms. The normalized spacial score (nSPS) is 17.0. The quantitative estimate of drug-likeness (QED) is 0.713. The van der Waals surface area contributed by atoms with Crippen molar-refractivity contribution in [1.82, 2.24) is 14.9 Å². The number of aromatic nitrogens is 2. The van der Waals surface area contributed by atoms with Gasteiger partial charge in [-0.2, -0.15) is 0 Å². The van der Waals surface area contributed by atoms with Crippen LogP contribution in [0.1, 0.15) is 36.5 Å². The van der Waals surface area contributed by atoms with E-state index in [1.807, 2.05) is 0 Å². The number of rotatable bonds is 5. The first-order chi connectivity index (χ1) is 11.5. The topological polar surface area (TPSA) is 39.1 Å². The summed E-state index contributed by atoms with van der Waals surface area (Å²) < 4.78 is 35.7. The molecule has 1 aromatic carbocycles. The largest absolute Gasteiger partial charge is 0.491 e. The summed E-state index contributed by atoms with van der Waals surface area (Å²) in [5.74, 6) is -0.536. The SMILES string of the molecule is CCc1nc(I)c2n1CCNC2CCc1cc(F)c(OC)c(F)c1. The standard InChI is InChI=1S/C17H20F2IN3O/c1-3-14-22-17(20)15-13(21-6-7-23(14)15)5-4-10-8-11(18)16(24-2)12(19)9-10/h8-9,13,21H,3-7H2,1-2H3. The van der Waals surface area contributed by atoms with Crippen molar-refractivity contribution in [2.24, 2.45) is 0 Å². The van der Waals surface area contributed by atoms with Gasteiger partial charge in [-0.1, -0.05) is 6.92 Å². The lowest BCUT2D eigenvalue weighted by Crippen LogP contribution is -2.34. The van der Waals surface area contributed by atoms with E-state index < -0.39 is 11.6 Å². The molecular formula is C17H20F2IN3O. The van der Waals surface area contributed by atoms with Gasteiger partial charge in [-0.3, -0.25) is 0 Å². The lowest BCUT2D eigenvalue weighted by molar-refractivity contribution is 0.358. The van der Waals surface area contributed by atoms with Crippen LogP contribution in [0.5, 0.6) is 5.75 Å². The van der Waals surface area contributed by atoms with Gasteiger partial charge in [0.2, 0.25) is 0 Å². The maximum absolute atomic E-state index is 13.8. The van der Waals surface area contributed by atoms with Gasteiger partial charge in [0.1, 0.15) is 9.53 Å². The molecule has 1 unspecified atom stereocenters. The summed E-state index contributed by atoms with van der Waals surface area (Å²) in [6.07, 6.45) is 2.24. The van der Waals surface area contributed by atoms with Crippen molar-refractivity contribution in [3.63, 3.8) is 0 Å². The van der Waals surface area contributed by atoms with Gasteiger partial charge in [0.15, 0.2) is 17.4 Å². The van der Waals surface area contributed by atoms with E-state index >= 15 is 0 Å². The average molecular weight is 447 g/mol. The Morgan fingerprint density at radius 2 is 2.08 bits per heavy atom. The molecule has 2 aromatic rings. The van der Waals surface area contributed by atoms with E-state index in [0.29, 0.717) is 12.0 Å². The minimum absolute atomic E-state index is 0.145. The summed E-state index contributed by atoms with van der Waals surface area (Å²) in [6, 6.07) is 2.85. The van der Waals surface area contributed by atoms with Crippen molar-refractivity contribution >= 4 is 22.6 Å². The molecule has 4 nitrogen and oxygen atoms in total. The first kappa shape index (κ1) is 17.6. The van der Waals surface area contributed by atoms with Crippen LogP contribution in [0.2, 0.25) is 0 Å². The smallest absolute Gasteiger partial charge is 0.190 e. The number of imidazole rings is 1. The third kappa shape index (κ3) is 3.28. The molecule has 1 atom stereocenters. The third-order valence-electron chi connectivity index (χ3n) is 4.40. The molecule has 0 spiro atoms. The number of ether oxygens (including phenoxy) is 1. The van der Waals surface area contributed by atoms with Crippen LogP contribution in [0.4, 0.5) is 8.78 Å². The fourth-order valence-electron chi connectivity index (χ4n) is 3.28. The Morgan fingerprint density at radius 3 is 2.71 bits per heavy atom. The molecule has 1 aliphatic rings. The maximum Gasteiger partial charge on any atom is 0.190 e. The van der Waals surface area contributed by atoms with Crippen LogP contribution in [0.25, 0.3) is 0 Å². The molecule has 130 valence electrons. The molecule has 1 aliphatic heterocycles. The fraction of sp³-hybridized carbons (Fsp3) is 0.471. The first-order valence-electron chi connectivity index (χ1n) is 8.05. The van der Waals surface area contributed by atoms with Crippen molar-refractivity contribution in [2.75, 3.05) is 13.7 Å². The zero-order chi connectivity index (χ0) is 17.3. The Kier molecular flexibility index (Phi) is 5.39. The van der Waals surface area contributed by atoms with E-state index in [1.165, 1.54) is 24.9 Å². The highest BCUT2D eigenvalue weighted by Crippen LogP contribution is 2.29. The predicted octanol–water partition coefficient (Wildman–Crippen LogP) is 3.61. The number of hydrogen-bond acceptors (Lipinski definition) is 3. The highest BCUT2D eigenvalue weighted by Gasteiger charge is 2.26. The van der Waals surface area contributed by atoms with E-state index in [1.54, 1.807) is 0 Å². The molecule has 1 N–H and O–H groups in total. The summed E-state index contributed by atoms with van der Waals surface area (Å²) in [7, 11) is 1.27. The molecule has 0 saturated carbocycles. The van der Waals surface area contributed by atoms with Gasteiger partial charge in [-0.05, 0) is 53.1 Å². The fourth-order valence-corrected chi connectivity index (χ4v) is 4.23. The Hall–Kier alpha value is -1.22. The Bertz CT molecular complexity index is 725. The summed E-state index contributed by atoms with van der Waals surface area (Å²) in [5.41, 5.74) is 1.82. The third-order valence-corrected chi connectivity index (χ3v) is 5.19. The summed E-state index contributed by atoms with van der Waals surface area (Å²) in [4.78, 5) is 4.64. The van der Waals surface area contributed by atoms with E-state index in [9.17, 15) is 8.78 Å². The Labute approximate surface area is 153 Å². The second-order valence-electron chi connectivity index (χ2n) is 5.85. The number of nitrogens with zero attached hydrogens (tertiary/aromatic N) is 2. The number of hydrogen-bond donors (Lipinski definition) is 1. The lowest BCUT2D eigenvalue weighted by Gasteiger charge is -2.27. The molecule has 0 fully saturated rings. The van der Waals surface area contributed by atoms with Crippen LogP contribution >= 0.6 is 22.6 Å². The maximum atomic E-state index is 13.8. The van der Waals surface area contributed by atoms with Crippen molar-refractivity contribution in [3.05, 3.63) is 44.5 Å². The van der Waals surface area contributed by atoms with E-state index in [-0.39, 0.29) is 11.8 Å². The van der Waals surface area contributed by atoms with Crippen molar-refractivity contribution in [3.8, 4) is 5.75 Å². The van der Waals surface area contributed by atoms with Crippen LogP contribution in [-0.4, -0.2) is 23.2 Å². The van der Waals surface area contributed by atoms with Gasteiger partial charge < -0.3 is 14.6 Å². The number of fused-ring (bicyclic) bond motifs is 1. The second-order valence-corrected chi connectivity index (χ2v) is 6.87. The van der Waals surface area contributed by atoms with Crippen LogP contribution in [0.3, 0.4) is 0 Å². The number of aryl methyl sites for hydroxylation is 2. The van der Waals surface area contributed by atoms with Gasteiger partial charge in [-0.15, -0.1) is 0 Å².